The van der Waals surface area contributed by atoms with Crippen molar-refractivity contribution in [3.63, 3.8) is 0 Å². The van der Waals surface area contributed by atoms with Gasteiger partial charge in [-0.25, -0.2) is 0 Å². The van der Waals surface area contributed by atoms with Crippen molar-refractivity contribution < 1.29 is 0 Å². The number of hydrogen-bond donors (Lipinski definition) is 0. The van der Waals surface area contributed by atoms with Crippen LogP contribution in [-0.2, 0) is 0 Å². The van der Waals surface area contributed by atoms with Gasteiger partial charge in [-0.2, -0.15) is 0 Å². The van der Waals surface area contributed by atoms with E-state index in [1.807, 2.05) is 0 Å². The van der Waals surface area contributed by atoms with Crippen LogP contribution in [0.5, 0.6) is 0 Å². The molecule has 0 saturated carbocycles. The Morgan fingerprint density at radius 1 is 0.826 bits per heavy atom. The van der Waals surface area contributed by atoms with Crippen LogP contribution in [0.15, 0.2) is 12.2 Å². The molecule has 0 aromatic rings. The molecule has 3 atom stereocenters. The average Bonchev–Trinajstić information content (AvgIpc) is 2.50. The Kier molecular flexibility index (Phi) is 13.9. The van der Waals surface area contributed by atoms with Crippen LogP contribution < -0.4 is 0 Å². The van der Waals surface area contributed by atoms with Gasteiger partial charge in [0.2, 0.25) is 0 Å². The van der Waals surface area contributed by atoms with E-state index in [0.717, 1.165) is 23.7 Å². The fourth-order valence-corrected chi connectivity index (χ4v) is 3.06. The van der Waals surface area contributed by atoms with Gasteiger partial charge in [-0.1, -0.05) is 73.0 Å². The Balaban J connectivity index is 3.68. The Morgan fingerprint density at radius 2 is 1.48 bits per heavy atom. The van der Waals surface area contributed by atoms with Gasteiger partial charge in [-0.05, 0) is 69.5 Å². The minimum atomic E-state index is 0.746. The molecule has 0 aliphatic carbocycles. The molecule has 0 fully saturated rings. The van der Waals surface area contributed by atoms with Gasteiger partial charge in [0.15, 0.2) is 0 Å². The molecule has 0 aliphatic rings. The molecule has 0 spiro atoms. The second kappa shape index (κ2) is 14.1. The number of hydrogen-bond acceptors (Lipinski definition) is 1. The summed E-state index contributed by atoms with van der Waals surface area (Å²) < 4.78 is 0. The molecule has 0 bridgehead atoms. The van der Waals surface area contributed by atoms with Crippen molar-refractivity contribution in [2.24, 2.45) is 23.7 Å². The van der Waals surface area contributed by atoms with E-state index in [0.29, 0.717) is 0 Å². The third-order valence-corrected chi connectivity index (χ3v) is 5.26. The molecular weight excluding hydrogens is 278 g/mol. The summed E-state index contributed by atoms with van der Waals surface area (Å²) in [7, 11) is 2.28. The third-order valence-electron chi connectivity index (χ3n) is 5.26. The number of rotatable bonds is 14. The van der Waals surface area contributed by atoms with Crippen molar-refractivity contribution in [3.8, 4) is 0 Å². The standard InChI is InChI=1S/C22H45N/c1-8-12-21(5)22(6)16-18-23(7)17-11-9-10-13-20(4)15-14-19(2)3/h10,13,19-22H,8-9,11-12,14-18H2,1-7H3. The summed E-state index contributed by atoms with van der Waals surface area (Å²) >= 11 is 0. The fraction of sp³-hybridized carbons (Fsp3) is 0.909. The van der Waals surface area contributed by atoms with E-state index in [1.165, 1.54) is 58.0 Å². The maximum absolute atomic E-state index is 2.52. The zero-order chi connectivity index (χ0) is 17.7. The molecule has 0 N–H and O–H groups in total. The topological polar surface area (TPSA) is 3.24 Å². The smallest absolute Gasteiger partial charge is 0.00188 e. The van der Waals surface area contributed by atoms with Crippen LogP contribution in [0.1, 0.15) is 86.5 Å². The molecule has 0 aromatic carbocycles. The molecule has 0 aromatic heterocycles. The van der Waals surface area contributed by atoms with Gasteiger partial charge >= 0.3 is 0 Å². The number of unbranched alkanes of at least 4 members (excludes halogenated alkanes) is 1. The Morgan fingerprint density at radius 3 is 2.09 bits per heavy atom. The highest BCUT2D eigenvalue weighted by Crippen LogP contribution is 2.20. The summed E-state index contributed by atoms with van der Waals surface area (Å²) in [5.41, 5.74) is 0. The van der Waals surface area contributed by atoms with Gasteiger partial charge in [0, 0.05) is 0 Å². The van der Waals surface area contributed by atoms with Gasteiger partial charge in [0.25, 0.3) is 0 Å². The molecule has 0 aliphatic heterocycles. The van der Waals surface area contributed by atoms with E-state index in [2.05, 4.69) is 65.6 Å². The van der Waals surface area contributed by atoms with E-state index >= 15 is 0 Å². The van der Waals surface area contributed by atoms with Crippen LogP contribution >= 0.6 is 0 Å². The zero-order valence-electron chi connectivity index (χ0n) is 17.3. The Labute approximate surface area is 147 Å². The van der Waals surface area contributed by atoms with Crippen LogP contribution in [0, 0.1) is 23.7 Å². The van der Waals surface area contributed by atoms with Crippen molar-refractivity contribution in [1.82, 2.24) is 4.90 Å². The van der Waals surface area contributed by atoms with Crippen LogP contribution in [0.3, 0.4) is 0 Å². The first kappa shape index (κ1) is 22.7. The highest BCUT2D eigenvalue weighted by molar-refractivity contribution is 4.86. The van der Waals surface area contributed by atoms with E-state index in [-0.39, 0.29) is 0 Å². The lowest BCUT2D eigenvalue weighted by atomic mass is 9.89. The zero-order valence-corrected chi connectivity index (χ0v) is 17.3. The van der Waals surface area contributed by atoms with Crippen molar-refractivity contribution in [1.29, 1.82) is 0 Å². The molecule has 0 radical (unpaired) electrons. The minimum absolute atomic E-state index is 0.746. The molecule has 0 amide bonds. The van der Waals surface area contributed by atoms with Gasteiger partial charge in [0.05, 0.1) is 0 Å². The first-order chi connectivity index (χ1) is 10.9. The molecule has 23 heavy (non-hydrogen) atoms. The second-order valence-electron chi connectivity index (χ2n) is 8.35. The van der Waals surface area contributed by atoms with Crippen molar-refractivity contribution >= 4 is 0 Å². The van der Waals surface area contributed by atoms with Gasteiger partial charge in [0.1, 0.15) is 0 Å². The Bertz CT molecular complexity index is 282. The second-order valence-corrected chi connectivity index (χ2v) is 8.35. The molecule has 138 valence electrons. The normalized spacial score (nSPS) is 16.4. The van der Waals surface area contributed by atoms with Gasteiger partial charge in [-0.15, -0.1) is 0 Å². The molecular formula is C22H45N. The number of allylic oxidation sites excluding steroid dienone is 2. The summed E-state index contributed by atoms with van der Waals surface area (Å²) in [6.07, 6.45) is 14.1. The summed E-state index contributed by atoms with van der Waals surface area (Å²) in [5, 5.41) is 0. The first-order valence-corrected chi connectivity index (χ1v) is 10.2. The van der Waals surface area contributed by atoms with Crippen LogP contribution in [0.2, 0.25) is 0 Å². The molecule has 1 heteroatoms. The van der Waals surface area contributed by atoms with Gasteiger partial charge in [-0.3, -0.25) is 0 Å². The van der Waals surface area contributed by atoms with Crippen molar-refractivity contribution in [2.75, 3.05) is 20.1 Å². The monoisotopic (exact) mass is 323 g/mol. The summed E-state index contributed by atoms with van der Waals surface area (Å²) in [5.74, 6) is 3.32. The maximum Gasteiger partial charge on any atom is -0.00188 e. The van der Waals surface area contributed by atoms with E-state index in [4.69, 9.17) is 0 Å². The quantitative estimate of drug-likeness (QED) is 0.251. The first-order valence-electron chi connectivity index (χ1n) is 10.2. The largest absolute Gasteiger partial charge is 0.306 e. The molecule has 3 unspecified atom stereocenters. The van der Waals surface area contributed by atoms with E-state index < -0.39 is 0 Å². The summed E-state index contributed by atoms with van der Waals surface area (Å²) in [6.45, 7) is 16.6. The predicted octanol–water partition coefficient (Wildman–Crippen LogP) is 6.79. The highest BCUT2D eigenvalue weighted by Gasteiger charge is 2.11. The predicted molar refractivity (Wildman–Crippen MR) is 107 cm³/mol. The van der Waals surface area contributed by atoms with Crippen LogP contribution in [-0.4, -0.2) is 25.0 Å². The average molecular weight is 324 g/mol. The van der Waals surface area contributed by atoms with Gasteiger partial charge < -0.3 is 4.90 Å². The van der Waals surface area contributed by atoms with Crippen molar-refractivity contribution in [3.05, 3.63) is 12.2 Å². The maximum atomic E-state index is 2.52. The minimum Gasteiger partial charge on any atom is -0.306 e. The Hall–Kier alpha value is -0.300. The summed E-state index contributed by atoms with van der Waals surface area (Å²) in [6, 6.07) is 0. The fourth-order valence-electron chi connectivity index (χ4n) is 3.06. The molecule has 0 heterocycles. The highest BCUT2D eigenvalue weighted by atomic mass is 15.1. The molecule has 0 rings (SSSR count). The van der Waals surface area contributed by atoms with E-state index in [9.17, 15) is 0 Å². The van der Waals surface area contributed by atoms with Crippen LogP contribution in [0.4, 0.5) is 0 Å². The third kappa shape index (κ3) is 13.8. The summed E-state index contributed by atoms with van der Waals surface area (Å²) in [4.78, 5) is 2.52. The lowest BCUT2D eigenvalue weighted by molar-refractivity contribution is 0.264. The van der Waals surface area contributed by atoms with E-state index in [1.54, 1.807) is 0 Å². The molecule has 1 nitrogen and oxygen atoms in total. The van der Waals surface area contributed by atoms with Crippen molar-refractivity contribution in [2.45, 2.75) is 86.5 Å². The lowest BCUT2D eigenvalue weighted by Gasteiger charge is -2.23. The SMILES string of the molecule is CCCC(C)C(C)CCN(C)CCCC=CC(C)CCC(C)C. The molecule has 0 saturated heterocycles. The number of nitrogens with zero attached hydrogens (tertiary/aromatic N) is 1. The lowest BCUT2D eigenvalue weighted by Crippen LogP contribution is -2.23. The van der Waals surface area contributed by atoms with Crippen LogP contribution in [0.25, 0.3) is 0 Å².